The number of urea groups is 1. The second-order valence-electron chi connectivity index (χ2n) is 9.09. The van der Waals surface area contributed by atoms with Gasteiger partial charge in [-0.2, -0.15) is 0 Å². The van der Waals surface area contributed by atoms with Gasteiger partial charge in [0.25, 0.3) is 5.91 Å². The Bertz CT molecular complexity index is 1510. The van der Waals surface area contributed by atoms with Crippen LogP contribution >= 0.6 is 0 Å². The number of pyridine rings is 2. The Kier molecular flexibility index (Phi) is 6.62. The fourth-order valence-corrected chi connectivity index (χ4v) is 3.62. The Labute approximate surface area is 211 Å². The van der Waals surface area contributed by atoms with E-state index in [1.165, 1.54) is 36.7 Å². The predicted molar refractivity (Wildman–Crippen MR) is 134 cm³/mol. The van der Waals surface area contributed by atoms with Crippen LogP contribution in [0.5, 0.6) is 0 Å². The van der Waals surface area contributed by atoms with Gasteiger partial charge in [-0.25, -0.2) is 33.4 Å². The Morgan fingerprint density at radius 3 is 2.24 bits per heavy atom. The summed E-state index contributed by atoms with van der Waals surface area (Å²) in [4.78, 5) is 42.2. The van der Waals surface area contributed by atoms with Crippen molar-refractivity contribution in [1.29, 1.82) is 0 Å². The third kappa shape index (κ3) is 4.96. The van der Waals surface area contributed by atoms with Gasteiger partial charge in [0.15, 0.2) is 5.82 Å². The van der Waals surface area contributed by atoms with E-state index in [-0.39, 0.29) is 34.0 Å². The lowest BCUT2D eigenvalue weighted by Gasteiger charge is -2.23. The average Bonchev–Trinajstić information content (AvgIpc) is 2.86. The summed E-state index contributed by atoms with van der Waals surface area (Å²) in [5.41, 5.74) is 10.3. The van der Waals surface area contributed by atoms with Gasteiger partial charge in [-0.05, 0) is 42.5 Å². The number of nitrogens with zero attached hydrogens (tertiary/aromatic N) is 5. The molecule has 37 heavy (non-hydrogen) atoms. The molecule has 0 aliphatic heterocycles. The molecule has 0 bridgehead atoms. The zero-order valence-electron chi connectivity index (χ0n) is 20.2. The number of amides is 3. The zero-order chi connectivity index (χ0) is 26.9. The van der Waals surface area contributed by atoms with E-state index in [4.69, 9.17) is 11.5 Å². The number of anilines is 2. The van der Waals surface area contributed by atoms with Crippen molar-refractivity contribution in [2.24, 2.45) is 11.5 Å². The number of benzene rings is 1. The number of rotatable bonds is 5. The van der Waals surface area contributed by atoms with Crippen molar-refractivity contribution < 1.29 is 18.4 Å². The van der Waals surface area contributed by atoms with E-state index >= 15 is 8.78 Å². The smallest absolute Gasteiger partial charge is 0.325 e. The average molecular weight is 504 g/mol. The second-order valence-corrected chi connectivity index (χ2v) is 9.09. The van der Waals surface area contributed by atoms with Crippen LogP contribution in [0.15, 0.2) is 60.9 Å². The van der Waals surface area contributed by atoms with Crippen molar-refractivity contribution in [3.8, 4) is 22.6 Å². The fraction of sp³-hybridized carbons (Fsp3) is 0.154. The third-order valence-corrected chi connectivity index (χ3v) is 5.40. The molecule has 0 fully saturated rings. The fourth-order valence-electron chi connectivity index (χ4n) is 3.62. The molecule has 0 aliphatic carbocycles. The molecular weight excluding hydrogens is 480 g/mol. The van der Waals surface area contributed by atoms with Crippen LogP contribution in [0.25, 0.3) is 22.6 Å². The molecule has 1 aromatic carbocycles. The molecule has 3 aromatic heterocycles. The van der Waals surface area contributed by atoms with Gasteiger partial charge in [0.05, 0.1) is 17.0 Å². The van der Waals surface area contributed by atoms with Crippen LogP contribution in [0.1, 0.15) is 37.0 Å². The summed E-state index contributed by atoms with van der Waals surface area (Å²) < 4.78 is 31.0. The number of nitrogens with two attached hydrogens (primary N) is 2. The lowest BCUT2D eigenvalue weighted by atomic mass is 9.95. The van der Waals surface area contributed by atoms with E-state index in [1.807, 2.05) is 20.8 Å². The summed E-state index contributed by atoms with van der Waals surface area (Å²) in [6, 6.07) is 9.85. The van der Waals surface area contributed by atoms with Crippen LogP contribution in [0.3, 0.4) is 0 Å². The van der Waals surface area contributed by atoms with Gasteiger partial charge in [0.1, 0.15) is 28.8 Å². The number of carbonyl (C=O) groups is 2. The number of carbonyl (C=O) groups excluding carboxylic acids is 2. The van der Waals surface area contributed by atoms with Gasteiger partial charge in [0, 0.05) is 23.4 Å². The van der Waals surface area contributed by atoms with Gasteiger partial charge in [-0.3, -0.25) is 9.78 Å². The Hall–Kier alpha value is -4.80. The normalized spacial score (nSPS) is 11.3. The summed E-state index contributed by atoms with van der Waals surface area (Å²) in [7, 11) is 0. The zero-order valence-corrected chi connectivity index (χ0v) is 20.2. The van der Waals surface area contributed by atoms with E-state index in [9.17, 15) is 9.59 Å². The number of hydrogen-bond donors (Lipinski definition) is 2. The van der Waals surface area contributed by atoms with E-state index in [0.717, 1.165) is 6.07 Å². The molecule has 0 aliphatic rings. The molecule has 4 rings (SSSR count). The van der Waals surface area contributed by atoms with Crippen LogP contribution in [-0.2, 0) is 5.41 Å². The molecular formula is C26H23F2N7O2. The number of hydrogen-bond acceptors (Lipinski definition) is 6. The van der Waals surface area contributed by atoms with E-state index < -0.39 is 34.7 Å². The molecule has 11 heteroatoms. The molecule has 3 amide bonds. The molecule has 0 saturated carbocycles. The molecule has 4 N–H and O–H groups in total. The monoisotopic (exact) mass is 503 g/mol. The standard InChI is InChI=1S/C26H23F2N7O2/c1-26(2,3)24-32-13-11-17(33-24)14-7-9-16(27)22(20(14)28)35(25(30)37)19-10-8-15(23(29)36)21(34-19)18-6-4-5-12-31-18/h4-13H,1-3H3,(H2,29,36)(H2,30,37). The highest BCUT2D eigenvalue weighted by Gasteiger charge is 2.29. The third-order valence-electron chi connectivity index (χ3n) is 5.40. The molecule has 0 unspecified atom stereocenters. The highest BCUT2D eigenvalue weighted by molar-refractivity contribution is 6.01. The summed E-state index contributed by atoms with van der Waals surface area (Å²) >= 11 is 0. The first-order valence-electron chi connectivity index (χ1n) is 11.1. The number of halogens is 2. The van der Waals surface area contributed by atoms with E-state index in [1.54, 1.807) is 18.2 Å². The largest absolute Gasteiger partial charge is 0.366 e. The quantitative estimate of drug-likeness (QED) is 0.411. The lowest BCUT2D eigenvalue weighted by Crippen LogP contribution is -2.34. The molecule has 0 radical (unpaired) electrons. The summed E-state index contributed by atoms with van der Waals surface area (Å²) in [5.74, 6) is -2.75. The van der Waals surface area contributed by atoms with Crippen molar-refractivity contribution in [1.82, 2.24) is 19.9 Å². The van der Waals surface area contributed by atoms with Crippen LogP contribution in [0, 0.1) is 11.6 Å². The molecule has 9 nitrogen and oxygen atoms in total. The SMILES string of the molecule is CC(C)(C)c1nccc(-c2ccc(F)c(N(C(N)=O)c3ccc(C(N)=O)c(-c4ccccn4)n3)c2F)n1. The topological polar surface area (TPSA) is 141 Å². The van der Waals surface area contributed by atoms with Crippen LogP contribution in [0.4, 0.5) is 25.1 Å². The Morgan fingerprint density at radius 2 is 1.62 bits per heavy atom. The Balaban J connectivity index is 1.91. The minimum absolute atomic E-state index is 0.00254. The van der Waals surface area contributed by atoms with Crippen molar-refractivity contribution in [3.63, 3.8) is 0 Å². The predicted octanol–water partition coefficient (Wildman–Crippen LogP) is 4.49. The van der Waals surface area contributed by atoms with Gasteiger partial charge in [-0.1, -0.05) is 26.8 Å². The van der Waals surface area contributed by atoms with Crippen LogP contribution in [0.2, 0.25) is 0 Å². The van der Waals surface area contributed by atoms with Crippen molar-refractivity contribution >= 4 is 23.4 Å². The van der Waals surface area contributed by atoms with Crippen LogP contribution < -0.4 is 16.4 Å². The van der Waals surface area contributed by atoms with Crippen molar-refractivity contribution in [2.45, 2.75) is 26.2 Å². The first kappa shape index (κ1) is 25.3. The molecule has 0 atom stereocenters. The van der Waals surface area contributed by atoms with Crippen molar-refractivity contribution in [2.75, 3.05) is 4.90 Å². The summed E-state index contributed by atoms with van der Waals surface area (Å²) in [6.45, 7) is 5.69. The minimum atomic E-state index is -1.21. The summed E-state index contributed by atoms with van der Waals surface area (Å²) in [5, 5.41) is 0. The van der Waals surface area contributed by atoms with Gasteiger partial charge in [-0.15, -0.1) is 0 Å². The van der Waals surface area contributed by atoms with Gasteiger partial charge < -0.3 is 11.5 Å². The first-order chi connectivity index (χ1) is 17.5. The molecule has 4 aromatic rings. The van der Waals surface area contributed by atoms with Crippen molar-refractivity contribution in [3.05, 3.63) is 83.9 Å². The highest BCUT2D eigenvalue weighted by atomic mass is 19.1. The lowest BCUT2D eigenvalue weighted by molar-refractivity contribution is 0.100. The molecule has 0 saturated heterocycles. The van der Waals surface area contributed by atoms with E-state index in [0.29, 0.717) is 10.7 Å². The van der Waals surface area contributed by atoms with E-state index in [2.05, 4.69) is 19.9 Å². The molecule has 0 spiro atoms. The van der Waals surface area contributed by atoms with Gasteiger partial charge in [0.2, 0.25) is 0 Å². The number of aromatic nitrogens is 4. The molecule has 188 valence electrons. The minimum Gasteiger partial charge on any atom is -0.366 e. The number of primary amides is 2. The molecule has 3 heterocycles. The maximum atomic E-state index is 15.9. The highest BCUT2D eigenvalue weighted by Crippen LogP contribution is 2.36. The first-order valence-corrected chi connectivity index (χ1v) is 11.1. The van der Waals surface area contributed by atoms with Crippen LogP contribution in [-0.4, -0.2) is 31.9 Å². The maximum absolute atomic E-state index is 15.9. The Morgan fingerprint density at radius 1 is 0.865 bits per heavy atom. The maximum Gasteiger partial charge on any atom is 0.325 e. The van der Waals surface area contributed by atoms with Gasteiger partial charge >= 0.3 is 6.03 Å². The second kappa shape index (κ2) is 9.69. The summed E-state index contributed by atoms with van der Waals surface area (Å²) in [6.07, 6.45) is 2.94.